The van der Waals surface area contributed by atoms with Crippen molar-refractivity contribution in [3.05, 3.63) is 35.5 Å². The van der Waals surface area contributed by atoms with E-state index in [4.69, 9.17) is 4.74 Å². The number of hydrogen-bond donors (Lipinski definition) is 0. The van der Waals surface area contributed by atoms with Gasteiger partial charge >= 0.3 is 5.97 Å². The molecule has 0 unspecified atom stereocenters. The van der Waals surface area contributed by atoms with Crippen LogP contribution >= 0.6 is 11.3 Å². The van der Waals surface area contributed by atoms with E-state index in [-0.39, 0.29) is 11.8 Å². The third kappa shape index (κ3) is 3.18. The molecule has 0 aliphatic rings. The Labute approximate surface area is 118 Å². The standard InChI is InChI=1S/C13H11FN2O3S/c1-8(17)16(11-5-3-10(14)4-6-11)13-15-12(7-20-13)19-9(2)18/h3-7H,1-2H3. The molecule has 5 nitrogen and oxygen atoms in total. The van der Waals surface area contributed by atoms with E-state index in [1.54, 1.807) is 0 Å². The van der Waals surface area contributed by atoms with Gasteiger partial charge < -0.3 is 4.74 Å². The number of amides is 1. The lowest BCUT2D eigenvalue weighted by Gasteiger charge is -2.17. The molecule has 104 valence electrons. The van der Waals surface area contributed by atoms with Crippen LogP contribution in [-0.2, 0) is 9.59 Å². The van der Waals surface area contributed by atoms with Gasteiger partial charge in [-0.15, -0.1) is 11.3 Å². The average Bonchev–Trinajstić information content (AvgIpc) is 2.79. The lowest BCUT2D eigenvalue weighted by atomic mass is 10.3. The first kappa shape index (κ1) is 14.1. The molecule has 0 aliphatic carbocycles. The number of anilines is 2. The number of esters is 1. The van der Waals surface area contributed by atoms with Crippen LogP contribution in [0, 0.1) is 5.82 Å². The first-order valence-corrected chi connectivity index (χ1v) is 6.55. The summed E-state index contributed by atoms with van der Waals surface area (Å²) in [7, 11) is 0. The highest BCUT2D eigenvalue weighted by Gasteiger charge is 2.18. The van der Waals surface area contributed by atoms with Crippen molar-refractivity contribution >= 4 is 34.0 Å². The van der Waals surface area contributed by atoms with E-state index >= 15 is 0 Å². The predicted octanol–water partition coefficient (Wildman–Crippen LogP) is 2.89. The van der Waals surface area contributed by atoms with Gasteiger partial charge in [-0.3, -0.25) is 14.5 Å². The fourth-order valence-electron chi connectivity index (χ4n) is 1.56. The van der Waals surface area contributed by atoms with Gasteiger partial charge in [0.05, 0.1) is 11.1 Å². The van der Waals surface area contributed by atoms with Gasteiger partial charge in [0, 0.05) is 13.8 Å². The Balaban J connectivity index is 2.33. The second-order valence-corrected chi connectivity index (χ2v) is 4.73. The lowest BCUT2D eigenvalue weighted by molar-refractivity contribution is -0.132. The number of carbonyl (C=O) groups is 2. The molecule has 0 radical (unpaired) electrons. The van der Waals surface area contributed by atoms with Crippen LogP contribution in [0.3, 0.4) is 0 Å². The van der Waals surface area contributed by atoms with Crippen molar-refractivity contribution in [2.24, 2.45) is 0 Å². The van der Waals surface area contributed by atoms with E-state index < -0.39 is 11.8 Å². The van der Waals surface area contributed by atoms with Crippen LogP contribution < -0.4 is 9.64 Å². The monoisotopic (exact) mass is 294 g/mol. The van der Waals surface area contributed by atoms with Gasteiger partial charge in [0.15, 0.2) is 5.13 Å². The zero-order valence-electron chi connectivity index (χ0n) is 10.8. The van der Waals surface area contributed by atoms with E-state index in [2.05, 4.69) is 4.98 Å². The predicted molar refractivity (Wildman–Crippen MR) is 72.6 cm³/mol. The first-order chi connectivity index (χ1) is 9.47. The summed E-state index contributed by atoms with van der Waals surface area (Å²) in [6, 6.07) is 5.46. The Morgan fingerprint density at radius 3 is 2.45 bits per heavy atom. The Hall–Kier alpha value is -2.28. The topological polar surface area (TPSA) is 59.5 Å². The summed E-state index contributed by atoms with van der Waals surface area (Å²) < 4.78 is 17.8. The Bertz CT molecular complexity index is 639. The number of carbonyl (C=O) groups excluding carboxylic acids is 2. The summed E-state index contributed by atoms with van der Waals surface area (Å²) in [5.74, 6) is -1.03. The number of benzene rings is 1. The SMILES string of the molecule is CC(=O)Oc1csc(N(C(C)=O)c2ccc(F)cc2)n1. The molecule has 1 amide bonds. The largest absolute Gasteiger partial charge is 0.407 e. The second kappa shape index (κ2) is 5.79. The van der Waals surface area contributed by atoms with Crippen molar-refractivity contribution in [3.63, 3.8) is 0 Å². The number of hydrogen-bond acceptors (Lipinski definition) is 5. The molecule has 0 N–H and O–H groups in total. The summed E-state index contributed by atoms with van der Waals surface area (Å²) in [5.41, 5.74) is 0.489. The zero-order chi connectivity index (χ0) is 14.7. The van der Waals surface area contributed by atoms with Gasteiger partial charge in [0.1, 0.15) is 5.82 Å². The average molecular weight is 294 g/mol. The van der Waals surface area contributed by atoms with Gasteiger partial charge in [-0.05, 0) is 24.3 Å². The van der Waals surface area contributed by atoms with Gasteiger partial charge in [0.2, 0.25) is 11.8 Å². The second-order valence-electron chi connectivity index (χ2n) is 3.89. The Kier molecular flexibility index (Phi) is 4.09. The highest BCUT2D eigenvalue weighted by molar-refractivity contribution is 7.14. The number of rotatable bonds is 3. The highest BCUT2D eigenvalue weighted by atomic mass is 32.1. The maximum Gasteiger partial charge on any atom is 0.309 e. The van der Waals surface area contributed by atoms with E-state index in [0.717, 1.165) is 11.3 Å². The number of nitrogens with zero attached hydrogens (tertiary/aromatic N) is 2. The molecule has 0 spiro atoms. The van der Waals surface area contributed by atoms with Gasteiger partial charge in [-0.2, -0.15) is 4.98 Å². The summed E-state index contributed by atoms with van der Waals surface area (Å²) in [6.07, 6.45) is 0. The molecule has 7 heteroatoms. The van der Waals surface area contributed by atoms with Crippen LogP contribution in [0.25, 0.3) is 0 Å². The smallest absolute Gasteiger partial charge is 0.309 e. The molecule has 0 saturated carbocycles. The van der Waals surface area contributed by atoms with Crippen LogP contribution in [-0.4, -0.2) is 16.9 Å². The van der Waals surface area contributed by atoms with Crippen LogP contribution in [0.2, 0.25) is 0 Å². The molecule has 2 aromatic rings. The number of ether oxygens (including phenoxy) is 1. The fraction of sp³-hybridized carbons (Fsp3) is 0.154. The molecule has 0 atom stereocenters. The van der Waals surface area contributed by atoms with E-state index in [1.165, 1.54) is 48.4 Å². The molecule has 0 bridgehead atoms. The van der Waals surface area contributed by atoms with E-state index in [0.29, 0.717) is 10.8 Å². The van der Waals surface area contributed by atoms with Crippen molar-refractivity contribution in [1.82, 2.24) is 4.98 Å². The fourth-order valence-corrected chi connectivity index (χ4v) is 2.35. The van der Waals surface area contributed by atoms with Crippen LogP contribution in [0.15, 0.2) is 29.6 Å². The molecule has 1 heterocycles. The quantitative estimate of drug-likeness (QED) is 0.817. The van der Waals surface area contributed by atoms with Crippen LogP contribution in [0.5, 0.6) is 5.88 Å². The first-order valence-electron chi connectivity index (χ1n) is 5.67. The maximum atomic E-state index is 12.9. The van der Waals surface area contributed by atoms with Gasteiger partial charge in [-0.25, -0.2) is 4.39 Å². The number of aromatic nitrogens is 1. The number of halogens is 1. The molecule has 0 saturated heterocycles. The van der Waals surface area contributed by atoms with Crippen molar-refractivity contribution in [2.45, 2.75) is 13.8 Å². The third-order valence-corrected chi connectivity index (χ3v) is 3.11. The van der Waals surface area contributed by atoms with Crippen LogP contribution in [0.4, 0.5) is 15.2 Å². The summed E-state index contributed by atoms with van der Waals surface area (Å²) in [6.45, 7) is 2.64. The van der Waals surface area contributed by atoms with Crippen LogP contribution in [0.1, 0.15) is 13.8 Å². The molecule has 2 rings (SSSR count). The minimum absolute atomic E-state index is 0.130. The zero-order valence-corrected chi connectivity index (χ0v) is 11.6. The molecule has 20 heavy (non-hydrogen) atoms. The molecular formula is C13H11FN2O3S. The molecular weight excluding hydrogens is 283 g/mol. The summed E-state index contributed by atoms with van der Waals surface area (Å²) >= 11 is 1.15. The van der Waals surface area contributed by atoms with Crippen molar-refractivity contribution < 1.29 is 18.7 Å². The lowest BCUT2D eigenvalue weighted by Crippen LogP contribution is -2.22. The highest BCUT2D eigenvalue weighted by Crippen LogP contribution is 2.31. The van der Waals surface area contributed by atoms with E-state index in [1.807, 2.05) is 0 Å². The minimum atomic E-state index is -0.488. The Morgan fingerprint density at radius 2 is 1.90 bits per heavy atom. The number of thiazole rings is 1. The van der Waals surface area contributed by atoms with Gasteiger partial charge in [0.25, 0.3) is 0 Å². The molecule has 1 aromatic heterocycles. The molecule has 0 fully saturated rings. The molecule has 0 aliphatic heterocycles. The third-order valence-electron chi connectivity index (χ3n) is 2.31. The molecule has 1 aromatic carbocycles. The summed E-state index contributed by atoms with van der Waals surface area (Å²) in [4.78, 5) is 28.0. The van der Waals surface area contributed by atoms with Gasteiger partial charge in [-0.1, -0.05) is 0 Å². The summed E-state index contributed by atoms with van der Waals surface area (Å²) in [5, 5.41) is 1.87. The van der Waals surface area contributed by atoms with Crippen molar-refractivity contribution in [3.8, 4) is 5.88 Å². The minimum Gasteiger partial charge on any atom is -0.407 e. The Morgan fingerprint density at radius 1 is 1.25 bits per heavy atom. The maximum absolute atomic E-state index is 12.9. The van der Waals surface area contributed by atoms with E-state index in [9.17, 15) is 14.0 Å². The normalized spacial score (nSPS) is 10.2. The van der Waals surface area contributed by atoms with Crippen molar-refractivity contribution in [2.75, 3.05) is 4.90 Å². The van der Waals surface area contributed by atoms with Crippen molar-refractivity contribution in [1.29, 1.82) is 0 Å².